The average Bonchev–Trinajstić information content (AvgIpc) is 2.77. The highest BCUT2D eigenvalue weighted by molar-refractivity contribution is 6.30. The number of benzene rings is 2. The molecule has 0 radical (unpaired) electrons. The van der Waals surface area contributed by atoms with E-state index in [0.717, 1.165) is 28.2 Å². The molecule has 1 aromatic heterocycles. The summed E-state index contributed by atoms with van der Waals surface area (Å²) in [7, 11) is 1.63. The molecule has 1 amide bonds. The minimum absolute atomic E-state index is 0.0673. The molecule has 6 heteroatoms. The van der Waals surface area contributed by atoms with Gasteiger partial charge in [-0.15, -0.1) is 0 Å². The van der Waals surface area contributed by atoms with Crippen LogP contribution in [-0.2, 0) is 11.2 Å². The summed E-state index contributed by atoms with van der Waals surface area (Å²) in [6, 6.07) is 16.6. The van der Waals surface area contributed by atoms with Gasteiger partial charge in [-0.25, -0.2) is 0 Å². The van der Waals surface area contributed by atoms with Crippen molar-refractivity contribution in [2.24, 2.45) is 5.92 Å². The second-order valence-electron chi connectivity index (χ2n) is 6.97. The van der Waals surface area contributed by atoms with E-state index in [1.54, 1.807) is 19.5 Å². The standard InChI is InChI=1S/C23H21ClN2O3/c1-28-20-8-9-21-17(12-20)11-18(14-29-21)23(27)26-22(16-3-2-10-25-13-16)15-4-6-19(24)7-5-15/h2-10,12-13,18,22H,11,14H2,1H3,(H,26,27)/t18-,22+/m0/s1. The third-order valence-corrected chi connectivity index (χ3v) is 5.30. The average molecular weight is 409 g/mol. The Bertz CT molecular complexity index is 993. The lowest BCUT2D eigenvalue weighted by Crippen LogP contribution is -2.39. The SMILES string of the molecule is COc1ccc2c(c1)C[C@H](C(=O)N[C@H](c1ccc(Cl)cc1)c1cccnc1)CO2. The Morgan fingerprint density at radius 1 is 1.21 bits per heavy atom. The van der Waals surface area contributed by atoms with E-state index in [4.69, 9.17) is 21.1 Å². The molecule has 1 aliphatic heterocycles. The summed E-state index contributed by atoms with van der Waals surface area (Å²) in [6.45, 7) is 0.339. The zero-order valence-corrected chi connectivity index (χ0v) is 16.7. The van der Waals surface area contributed by atoms with Crippen molar-refractivity contribution in [1.82, 2.24) is 10.3 Å². The maximum Gasteiger partial charge on any atom is 0.227 e. The van der Waals surface area contributed by atoms with Gasteiger partial charge in [-0.1, -0.05) is 29.8 Å². The van der Waals surface area contributed by atoms with Crippen molar-refractivity contribution in [1.29, 1.82) is 0 Å². The molecule has 29 heavy (non-hydrogen) atoms. The fourth-order valence-electron chi connectivity index (χ4n) is 3.49. The normalized spacial score (nSPS) is 16.3. The largest absolute Gasteiger partial charge is 0.497 e. The zero-order chi connectivity index (χ0) is 20.2. The number of aromatic nitrogens is 1. The summed E-state index contributed by atoms with van der Waals surface area (Å²) in [4.78, 5) is 17.3. The molecular formula is C23H21ClN2O3. The van der Waals surface area contributed by atoms with Crippen LogP contribution in [0.3, 0.4) is 0 Å². The van der Waals surface area contributed by atoms with Crippen molar-refractivity contribution < 1.29 is 14.3 Å². The van der Waals surface area contributed by atoms with E-state index >= 15 is 0 Å². The Labute approximate surface area is 174 Å². The molecule has 0 fully saturated rings. The first-order valence-corrected chi connectivity index (χ1v) is 9.77. The van der Waals surface area contributed by atoms with Crippen LogP contribution >= 0.6 is 11.6 Å². The van der Waals surface area contributed by atoms with Gasteiger partial charge in [-0.05, 0) is 59.5 Å². The Morgan fingerprint density at radius 2 is 2.03 bits per heavy atom. The first-order chi connectivity index (χ1) is 14.1. The Morgan fingerprint density at radius 3 is 2.76 bits per heavy atom. The van der Waals surface area contributed by atoms with Crippen molar-refractivity contribution in [2.75, 3.05) is 13.7 Å². The van der Waals surface area contributed by atoms with Gasteiger partial charge in [0.1, 0.15) is 18.1 Å². The van der Waals surface area contributed by atoms with Crippen LogP contribution in [0.15, 0.2) is 67.0 Å². The molecule has 0 aliphatic carbocycles. The van der Waals surface area contributed by atoms with E-state index in [0.29, 0.717) is 18.1 Å². The highest BCUT2D eigenvalue weighted by Gasteiger charge is 2.28. The highest BCUT2D eigenvalue weighted by Crippen LogP contribution is 2.31. The van der Waals surface area contributed by atoms with Crippen LogP contribution in [-0.4, -0.2) is 24.6 Å². The fourth-order valence-corrected chi connectivity index (χ4v) is 3.61. The number of rotatable bonds is 5. The van der Waals surface area contributed by atoms with Crippen LogP contribution in [0.25, 0.3) is 0 Å². The predicted octanol–water partition coefficient (Wildman–Crippen LogP) is 4.20. The summed E-state index contributed by atoms with van der Waals surface area (Å²) in [5.74, 6) is 1.20. The lowest BCUT2D eigenvalue weighted by Gasteiger charge is -2.27. The Hall–Kier alpha value is -3.05. The molecule has 3 aromatic rings. The molecule has 4 rings (SSSR count). The molecule has 1 N–H and O–H groups in total. The zero-order valence-electron chi connectivity index (χ0n) is 16.0. The molecule has 0 bridgehead atoms. The number of halogens is 1. The van der Waals surface area contributed by atoms with E-state index in [-0.39, 0.29) is 17.9 Å². The van der Waals surface area contributed by atoms with Gasteiger partial charge in [0, 0.05) is 17.4 Å². The second-order valence-corrected chi connectivity index (χ2v) is 7.40. The number of carbonyl (C=O) groups excluding carboxylic acids is 1. The summed E-state index contributed by atoms with van der Waals surface area (Å²) in [6.07, 6.45) is 4.07. The number of ether oxygens (including phenoxy) is 2. The van der Waals surface area contributed by atoms with Crippen LogP contribution in [0.4, 0.5) is 0 Å². The molecule has 2 heterocycles. The maximum absolute atomic E-state index is 13.1. The molecule has 2 aromatic carbocycles. The van der Waals surface area contributed by atoms with Gasteiger partial charge in [-0.3, -0.25) is 9.78 Å². The number of hydrogen-bond acceptors (Lipinski definition) is 4. The minimum atomic E-state index is -0.319. The molecular weight excluding hydrogens is 388 g/mol. The number of carbonyl (C=O) groups is 1. The van der Waals surface area contributed by atoms with Crippen molar-refractivity contribution in [3.05, 3.63) is 88.7 Å². The molecule has 0 unspecified atom stereocenters. The third kappa shape index (κ3) is 4.35. The second kappa shape index (κ2) is 8.53. The van der Waals surface area contributed by atoms with Gasteiger partial charge < -0.3 is 14.8 Å². The molecule has 5 nitrogen and oxygen atoms in total. The summed E-state index contributed by atoms with van der Waals surface area (Å²) < 4.78 is 11.1. The maximum atomic E-state index is 13.1. The van der Waals surface area contributed by atoms with Gasteiger partial charge in [-0.2, -0.15) is 0 Å². The number of methoxy groups -OCH3 is 1. The van der Waals surface area contributed by atoms with Gasteiger partial charge in [0.2, 0.25) is 5.91 Å². The smallest absolute Gasteiger partial charge is 0.227 e. The van der Waals surface area contributed by atoms with Gasteiger partial charge in [0.25, 0.3) is 0 Å². The number of fused-ring (bicyclic) bond motifs is 1. The van der Waals surface area contributed by atoms with Crippen LogP contribution in [0.5, 0.6) is 11.5 Å². The molecule has 2 atom stereocenters. The highest BCUT2D eigenvalue weighted by atomic mass is 35.5. The molecule has 1 aliphatic rings. The predicted molar refractivity (Wildman–Crippen MR) is 111 cm³/mol. The fraction of sp³-hybridized carbons (Fsp3) is 0.217. The monoisotopic (exact) mass is 408 g/mol. The first kappa shape index (κ1) is 19.3. The minimum Gasteiger partial charge on any atom is -0.497 e. The van der Waals surface area contributed by atoms with Crippen molar-refractivity contribution in [3.63, 3.8) is 0 Å². The molecule has 0 saturated carbocycles. The summed E-state index contributed by atoms with van der Waals surface area (Å²) >= 11 is 6.04. The van der Waals surface area contributed by atoms with Crippen molar-refractivity contribution in [3.8, 4) is 11.5 Å². The summed E-state index contributed by atoms with van der Waals surface area (Å²) in [5.41, 5.74) is 2.82. The van der Waals surface area contributed by atoms with Gasteiger partial charge >= 0.3 is 0 Å². The van der Waals surface area contributed by atoms with Crippen molar-refractivity contribution >= 4 is 17.5 Å². The Balaban J connectivity index is 1.56. The van der Waals surface area contributed by atoms with Gasteiger partial charge in [0.15, 0.2) is 0 Å². The van der Waals surface area contributed by atoms with Crippen LogP contribution in [0.1, 0.15) is 22.7 Å². The topological polar surface area (TPSA) is 60.5 Å². The van der Waals surface area contributed by atoms with Crippen molar-refractivity contribution in [2.45, 2.75) is 12.5 Å². The van der Waals surface area contributed by atoms with E-state index in [2.05, 4.69) is 10.3 Å². The number of pyridine rings is 1. The number of amides is 1. The van der Waals surface area contributed by atoms with Gasteiger partial charge in [0.05, 0.1) is 19.1 Å². The summed E-state index contributed by atoms with van der Waals surface area (Å²) in [5, 5.41) is 3.81. The number of nitrogens with one attached hydrogen (secondary N) is 1. The first-order valence-electron chi connectivity index (χ1n) is 9.39. The third-order valence-electron chi connectivity index (χ3n) is 5.05. The lowest BCUT2D eigenvalue weighted by molar-refractivity contribution is -0.126. The van der Waals surface area contributed by atoms with E-state index in [1.165, 1.54) is 0 Å². The number of hydrogen-bond donors (Lipinski definition) is 1. The molecule has 0 saturated heterocycles. The van der Waals surface area contributed by atoms with Crippen LogP contribution in [0, 0.1) is 5.92 Å². The lowest BCUT2D eigenvalue weighted by atomic mass is 9.94. The van der Waals surface area contributed by atoms with E-state index in [1.807, 2.05) is 54.6 Å². The molecule has 0 spiro atoms. The van der Waals surface area contributed by atoms with E-state index in [9.17, 15) is 4.79 Å². The number of nitrogens with zero attached hydrogens (tertiary/aromatic N) is 1. The Kier molecular flexibility index (Phi) is 5.67. The molecule has 148 valence electrons. The quantitative estimate of drug-likeness (QED) is 0.687. The van der Waals surface area contributed by atoms with Crippen LogP contribution < -0.4 is 14.8 Å². The van der Waals surface area contributed by atoms with E-state index < -0.39 is 0 Å². The van der Waals surface area contributed by atoms with Crippen LogP contribution in [0.2, 0.25) is 5.02 Å².